The van der Waals surface area contributed by atoms with Crippen LogP contribution < -0.4 is 4.90 Å². The fourth-order valence-corrected chi connectivity index (χ4v) is 2.88. The average Bonchev–Trinajstić information content (AvgIpc) is 2.51. The van der Waals surface area contributed by atoms with Crippen molar-refractivity contribution in [2.75, 3.05) is 11.9 Å². The molecule has 2 aromatic rings. The molecule has 0 amide bonds. The first-order valence-electron chi connectivity index (χ1n) is 7.81. The Morgan fingerprint density at radius 2 is 2.23 bits per heavy atom. The van der Waals surface area contributed by atoms with E-state index in [0.29, 0.717) is 12.5 Å². The minimum Gasteiger partial charge on any atom is -0.372 e. The summed E-state index contributed by atoms with van der Waals surface area (Å²) < 4.78 is 0. The van der Waals surface area contributed by atoms with Gasteiger partial charge in [-0.2, -0.15) is 0 Å². The fraction of sp³-hybridized carbons (Fsp3) is 0.389. The number of aliphatic imine (C=N–C) groups is 1. The molecular formula is C18H22N4. The summed E-state index contributed by atoms with van der Waals surface area (Å²) in [6, 6.07) is 8.87. The van der Waals surface area contributed by atoms with E-state index < -0.39 is 0 Å². The Bertz CT molecular complexity index is 693. The predicted molar refractivity (Wildman–Crippen MR) is 91.3 cm³/mol. The number of nitrogens with zero attached hydrogens (tertiary/aromatic N) is 4. The number of hydrogen-bond donors (Lipinski definition) is 0. The summed E-state index contributed by atoms with van der Waals surface area (Å²) in [6.07, 6.45) is 6.65. The highest BCUT2D eigenvalue weighted by atomic mass is 15.1. The Kier molecular flexibility index (Phi) is 4.18. The van der Waals surface area contributed by atoms with Gasteiger partial charge in [0.05, 0.1) is 5.69 Å². The number of benzene rings is 1. The predicted octanol–water partition coefficient (Wildman–Crippen LogP) is 3.50. The molecule has 22 heavy (non-hydrogen) atoms. The Morgan fingerprint density at radius 3 is 3.05 bits per heavy atom. The van der Waals surface area contributed by atoms with E-state index in [1.807, 2.05) is 19.2 Å². The molecule has 3 rings (SSSR count). The quantitative estimate of drug-likeness (QED) is 0.814. The third-order valence-electron chi connectivity index (χ3n) is 4.33. The van der Waals surface area contributed by atoms with Gasteiger partial charge in [0.2, 0.25) is 0 Å². The molecule has 114 valence electrons. The van der Waals surface area contributed by atoms with Crippen molar-refractivity contribution >= 4 is 17.6 Å². The Hall–Kier alpha value is -2.23. The number of aromatic nitrogens is 2. The fourth-order valence-electron chi connectivity index (χ4n) is 2.88. The molecule has 0 fully saturated rings. The zero-order valence-electron chi connectivity index (χ0n) is 13.5. The minimum atomic E-state index is 0.590. The second kappa shape index (κ2) is 6.26. The first kappa shape index (κ1) is 14.7. The molecule has 2 heterocycles. The largest absolute Gasteiger partial charge is 0.372 e. The number of aryl methyl sites for hydroxylation is 1. The van der Waals surface area contributed by atoms with E-state index in [-0.39, 0.29) is 0 Å². The SMILES string of the molecule is Cc1ccnc(C/C=N/c2cccc3c2CCC(C)N3C)n1. The van der Waals surface area contributed by atoms with E-state index in [1.54, 1.807) is 6.20 Å². The van der Waals surface area contributed by atoms with Gasteiger partial charge in [-0.15, -0.1) is 0 Å². The van der Waals surface area contributed by atoms with Crippen molar-refractivity contribution in [2.24, 2.45) is 4.99 Å². The maximum absolute atomic E-state index is 4.67. The lowest BCUT2D eigenvalue weighted by Gasteiger charge is -2.34. The maximum atomic E-state index is 4.67. The lowest BCUT2D eigenvalue weighted by molar-refractivity contribution is 0.599. The van der Waals surface area contributed by atoms with Crippen molar-refractivity contribution in [1.82, 2.24) is 9.97 Å². The van der Waals surface area contributed by atoms with Crippen LogP contribution in [-0.2, 0) is 12.8 Å². The van der Waals surface area contributed by atoms with Crippen LogP contribution in [0.5, 0.6) is 0 Å². The van der Waals surface area contributed by atoms with Crippen molar-refractivity contribution in [3.8, 4) is 0 Å². The van der Waals surface area contributed by atoms with Gasteiger partial charge in [-0.1, -0.05) is 6.07 Å². The van der Waals surface area contributed by atoms with Crippen molar-refractivity contribution in [1.29, 1.82) is 0 Å². The summed E-state index contributed by atoms with van der Waals surface area (Å²) in [4.78, 5) is 15.7. The summed E-state index contributed by atoms with van der Waals surface area (Å²) in [5.74, 6) is 0.819. The molecule has 1 unspecified atom stereocenters. The topological polar surface area (TPSA) is 41.4 Å². The number of hydrogen-bond acceptors (Lipinski definition) is 4. The van der Waals surface area contributed by atoms with Gasteiger partial charge < -0.3 is 4.90 Å². The molecule has 0 aliphatic carbocycles. The van der Waals surface area contributed by atoms with Crippen LogP contribution in [0, 0.1) is 6.92 Å². The maximum Gasteiger partial charge on any atom is 0.133 e. The smallest absolute Gasteiger partial charge is 0.133 e. The number of anilines is 1. The molecule has 0 saturated carbocycles. The van der Waals surface area contributed by atoms with Crippen LogP contribution >= 0.6 is 0 Å². The normalized spacial score (nSPS) is 17.8. The van der Waals surface area contributed by atoms with E-state index in [0.717, 1.165) is 23.6 Å². The molecule has 0 saturated heterocycles. The third-order valence-corrected chi connectivity index (χ3v) is 4.33. The van der Waals surface area contributed by atoms with Crippen LogP contribution in [0.1, 0.15) is 30.4 Å². The van der Waals surface area contributed by atoms with E-state index in [4.69, 9.17) is 0 Å². The molecule has 1 aliphatic rings. The summed E-state index contributed by atoms with van der Waals surface area (Å²) in [7, 11) is 2.16. The first-order chi connectivity index (χ1) is 10.6. The summed E-state index contributed by atoms with van der Waals surface area (Å²) in [5, 5.41) is 0. The molecule has 0 spiro atoms. The molecule has 1 aliphatic heterocycles. The average molecular weight is 294 g/mol. The monoisotopic (exact) mass is 294 g/mol. The van der Waals surface area contributed by atoms with E-state index in [2.05, 4.69) is 52.0 Å². The van der Waals surface area contributed by atoms with E-state index in [1.165, 1.54) is 17.7 Å². The van der Waals surface area contributed by atoms with Crippen molar-refractivity contribution < 1.29 is 0 Å². The molecule has 4 nitrogen and oxygen atoms in total. The van der Waals surface area contributed by atoms with Gasteiger partial charge in [-0.05, 0) is 44.9 Å². The molecule has 1 atom stereocenters. The van der Waals surface area contributed by atoms with Gasteiger partial charge in [0.1, 0.15) is 5.82 Å². The highest BCUT2D eigenvalue weighted by Gasteiger charge is 2.21. The first-order valence-corrected chi connectivity index (χ1v) is 7.81. The van der Waals surface area contributed by atoms with Crippen LogP contribution in [0.4, 0.5) is 11.4 Å². The second-order valence-electron chi connectivity index (χ2n) is 5.90. The Labute approximate surface area is 131 Å². The number of rotatable bonds is 3. The summed E-state index contributed by atoms with van der Waals surface area (Å²) in [6.45, 7) is 4.25. The molecule has 4 heteroatoms. The highest BCUT2D eigenvalue weighted by Crippen LogP contribution is 2.35. The van der Waals surface area contributed by atoms with Gasteiger partial charge in [0.15, 0.2) is 0 Å². The summed E-state index contributed by atoms with van der Waals surface area (Å²) in [5.41, 5.74) is 4.72. The van der Waals surface area contributed by atoms with Crippen LogP contribution in [-0.4, -0.2) is 29.3 Å². The van der Waals surface area contributed by atoms with Gasteiger partial charge in [0.25, 0.3) is 0 Å². The molecule has 1 aromatic heterocycles. The van der Waals surface area contributed by atoms with E-state index >= 15 is 0 Å². The van der Waals surface area contributed by atoms with Crippen LogP contribution in [0.25, 0.3) is 0 Å². The van der Waals surface area contributed by atoms with Crippen molar-refractivity contribution in [3.63, 3.8) is 0 Å². The molecular weight excluding hydrogens is 272 g/mol. The molecule has 0 bridgehead atoms. The molecule has 1 aromatic carbocycles. The third kappa shape index (κ3) is 3.01. The van der Waals surface area contributed by atoms with Crippen LogP contribution in [0.3, 0.4) is 0 Å². The molecule has 0 N–H and O–H groups in total. The zero-order chi connectivity index (χ0) is 15.5. The standard InChI is InChI=1S/C18H22N4/c1-13-9-11-20-18(21-13)10-12-19-16-5-4-6-17-15(16)8-7-14(2)22(17)3/h4-6,9,11-12,14H,7-8,10H2,1-3H3/b19-12+. The summed E-state index contributed by atoms with van der Waals surface area (Å²) >= 11 is 0. The van der Waals surface area contributed by atoms with Crippen LogP contribution in [0.15, 0.2) is 35.5 Å². The lowest BCUT2D eigenvalue weighted by atomic mass is 9.96. The van der Waals surface area contributed by atoms with E-state index in [9.17, 15) is 0 Å². The second-order valence-corrected chi connectivity index (χ2v) is 5.90. The number of fused-ring (bicyclic) bond motifs is 1. The zero-order valence-corrected chi connectivity index (χ0v) is 13.5. The van der Waals surface area contributed by atoms with Gasteiger partial charge >= 0.3 is 0 Å². The van der Waals surface area contributed by atoms with Crippen molar-refractivity contribution in [2.45, 2.75) is 39.2 Å². The Morgan fingerprint density at radius 1 is 1.36 bits per heavy atom. The molecule has 0 radical (unpaired) electrons. The van der Waals surface area contributed by atoms with Crippen molar-refractivity contribution in [3.05, 3.63) is 47.5 Å². The van der Waals surface area contributed by atoms with Gasteiger partial charge in [-0.3, -0.25) is 4.99 Å². The Balaban J connectivity index is 1.80. The van der Waals surface area contributed by atoms with Gasteiger partial charge in [0, 0.05) is 48.9 Å². The lowest BCUT2D eigenvalue weighted by Crippen LogP contribution is -2.33. The minimum absolute atomic E-state index is 0.590. The van der Waals surface area contributed by atoms with Gasteiger partial charge in [-0.25, -0.2) is 9.97 Å². The highest BCUT2D eigenvalue weighted by molar-refractivity contribution is 5.72. The van der Waals surface area contributed by atoms with Crippen LogP contribution in [0.2, 0.25) is 0 Å².